The second-order valence-electron chi connectivity index (χ2n) is 4.44. The monoisotopic (exact) mass is 296 g/mol. The van der Waals surface area contributed by atoms with Crippen LogP contribution in [0.1, 0.15) is 21.7 Å². The van der Waals surface area contributed by atoms with Crippen LogP contribution < -0.4 is 0 Å². The average molecular weight is 296 g/mol. The number of carboxylic acid groups (broad SMARTS) is 1. The fourth-order valence-electron chi connectivity index (χ4n) is 2.19. The van der Waals surface area contributed by atoms with Crippen LogP contribution in [0, 0.1) is 35.6 Å². The smallest absolute Gasteiger partial charge is 0.337 e. The summed E-state index contributed by atoms with van der Waals surface area (Å²) < 4.78 is 28.5. The first-order chi connectivity index (χ1) is 9.73. The first-order valence-corrected chi connectivity index (χ1v) is 5.80. The van der Waals surface area contributed by atoms with Crippen molar-refractivity contribution in [1.82, 2.24) is 4.57 Å². The molecule has 8 heteroatoms. The molecule has 0 saturated heterocycles. The number of nitrogens with zero attached hydrogens (tertiary/aromatic N) is 2. The summed E-state index contributed by atoms with van der Waals surface area (Å²) in [5.41, 5.74) is -0.648. The molecule has 0 unspecified atom stereocenters. The van der Waals surface area contributed by atoms with Gasteiger partial charge in [-0.1, -0.05) is 0 Å². The predicted molar refractivity (Wildman–Crippen MR) is 68.8 cm³/mol. The first-order valence-electron chi connectivity index (χ1n) is 5.80. The third-order valence-electron chi connectivity index (χ3n) is 3.12. The van der Waals surface area contributed by atoms with E-state index in [1.807, 2.05) is 0 Å². The number of rotatable bonds is 3. The van der Waals surface area contributed by atoms with Crippen LogP contribution >= 0.6 is 0 Å². The molecule has 2 rings (SSSR count). The van der Waals surface area contributed by atoms with Crippen LogP contribution in [0.4, 0.5) is 14.5 Å². The summed E-state index contributed by atoms with van der Waals surface area (Å²) in [4.78, 5) is 20.8. The van der Waals surface area contributed by atoms with Crippen molar-refractivity contribution in [3.63, 3.8) is 0 Å². The highest BCUT2D eigenvalue weighted by Crippen LogP contribution is 2.28. The number of aryl methyl sites for hydroxylation is 1. The third-order valence-corrected chi connectivity index (χ3v) is 3.12. The second-order valence-corrected chi connectivity index (χ2v) is 4.44. The van der Waals surface area contributed by atoms with E-state index in [9.17, 15) is 23.7 Å². The maximum atomic E-state index is 13.9. The normalized spacial score (nSPS) is 10.7. The van der Waals surface area contributed by atoms with Crippen LogP contribution in [-0.4, -0.2) is 20.6 Å². The highest BCUT2D eigenvalue weighted by atomic mass is 19.1. The molecule has 0 aliphatic rings. The van der Waals surface area contributed by atoms with Gasteiger partial charge in [-0.2, -0.15) is 4.39 Å². The van der Waals surface area contributed by atoms with E-state index in [0.29, 0.717) is 11.8 Å². The van der Waals surface area contributed by atoms with Gasteiger partial charge in [0.05, 0.1) is 16.2 Å². The molecule has 1 aromatic carbocycles. The fraction of sp³-hybridized carbons (Fsp3) is 0.154. The lowest BCUT2D eigenvalue weighted by Gasteiger charge is -2.11. The lowest BCUT2D eigenvalue weighted by atomic mass is 10.2. The SMILES string of the molecule is Cc1cc(C(=O)O)c(C)n1-c1cc([N+](=O)[O-])c(F)cc1F. The van der Waals surface area contributed by atoms with Crippen LogP contribution in [0.25, 0.3) is 5.69 Å². The number of carbonyl (C=O) groups is 1. The van der Waals surface area contributed by atoms with Gasteiger partial charge >= 0.3 is 11.7 Å². The minimum absolute atomic E-state index is 0.0566. The van der Waals surface area contributed by atoms with E-state index in [-0.39, 0.29) is 16.9 Å². The molecule has 0 atom stereocenters. The van der Waals surface area contributed by atoms with Crippen molar-refractivity contribution < 1.29 is 23.6 Å². The van der Waals surface area contributed by atoms with Crippen molar-refractivity contribution in [2.24, 2.45) is 0 Å². The van der Waals surface area contributed by atoms with Crippen LogP contribution in [0.3, 0.4) is 0 Å². The number of hydrogen-bond acceptors (Lipinski definition) is 3. The number of halogens is 2. The summed E-state index contributed by atoms with van der Waals surface area (Å²) in [7, 11) is 0. The van der Waals surface area contributed by atoms with Gasteiger partial charge in [-0.25, -0.2) is 9.18 Å². The Morgan fingerprint density at radius 1 is 1.24 bits per heavy atom. The van der Waals surface area contributed by atoms with Gasteiger partial charge in [-0.3, -0.25) is 10.1 Å². The number of carboxylic acids is 1. The van der Waals surface area contributed by atoms with E-state index in [1.165, 1.54) is 24.5 Å². The van der Waals surface area contributed by atoms with Crippen LogP contribution in [-0.2, 0) is 0 Å². The zero-order chi connectivity index (χ0) is 15.9. The molecule has 2 aromatic rings. The molecular formula is C13H10F2N2O4. The molecule has 110 valence electrons. The van der Waals surface area contributed by atoms with Crippen LogP contribution in [0.5, 0.6) is 0 Å². The van der Waals surface area contributed by atoms with Crippen LogP contribution in [0.15, 0.2) is 18.2 Å². The van der Waals surface area contributed by atoms with Gasteiger partial charge in [0.15, 0.2) is 5.82 Å². The highest BCUT2D eigenvalue weighted by molar-refractivity contribution is 5.89. The van der Waals surface area contributed by atoms with E-state index in [0.717, 1.165) is 6.07 Å². The zero-order valence-corrected chi connectivity index (χ0v) is 11.1. The molecule has 1 heterocycles. The second kappa shape index (κ2) is 4.97. The van der Waals surface area contributed by atoms with E-state index >= 15 is 0 Å². The Kier molecular flexibility index (Phi) is 3.46. The molecule has 0 saturated carbocycles. The first kappa shape index (κ1) is 14.6. The quantitative estimate of drug-likeness (QED) is 0.697. The minimum Gasteiger partial charge on any atom is -0.478 e. The number of benzene rings is 1. The maximum Gasteiger partial charge on any atom is 0.337 e. The van der Waals surface area contributed by atoms with Crippen molar-refractivity contribution in [2.75, 3.05) is 0 Å². The maximum absolute atomic E-state index is 13.9. The molecule has 21 heavy (non-hydrogen) atoms. The molecule has 0 fully saturated rings. The summed E-state index contributed by atoms with van der Waals surface area (Å²) >= 11 is 0. The molecule has 6 nitrogen and oxygen atoms in total. The molecular weight excluding hydrogens is 286 g/mol. The summed E-state index contributed by atoms with van der Waals surface area (Å²) in [6.45, 7) is 2.96. The fourth-order valence-corrected chi connectivity index (χ4v) is 2.19. The molecule has 1 N–H and O–H groups in total. The van der Waals surface area contributed by atoms with Crippen molar-refractivity contribution in [3.05, 3.63) is 56.9 Å². The molecule has 0 radical (unpaired) electrons. The van der Waals surface area contributed by atoms with Gasteiger partial charge in [0.1, 0.15) is 0 Å². The zero-order valence-electron chi connectivity index (χ0n) is 11.1. The summed E-state index contributed by atoms with van der Waals surface area (Å²) in [5.74, 6) is -3.51. The van der Waals surface area contributed by atoms with Crippen molar-refractivity contribution in [1.29, 1.82) is 0 Å². The number of aromatic nitrogens is 1. The average Bonchev–Trinajstić information content (AvgIpc) is 2.65. The van der Waals surface area contributed by atoms with Crippen molar-refractivity contribution >= 4 is 11.7 Å². The Balaban J connectivity index is 2.76. The summed E-state index contributed by atoms with van der Waals surface area (Å²) in [6, 6.07) is 2.47. The Morgan fingerprint density at radius 2 is 1.86 bits per heavy atom. The Morgan fingerprint density at radius 3 is 2.33 bits per heavy atom. The number of hydrogen-bond donors (Lipinski definition) is 1. The molecule has 0 aliphatic heterocycles. The van der Waals surface area contributed by atoms with Gasteiger partial charge in [0.2, 0.25) is 5.82 Å². The van der Waals surface area contributed by atoms with E-state index in [1.54, 1.807) is 0 Å². The Bertz CT molecular complexity index is 768. The van der Waals surface area contributed by atoms with Crippen LogP contribution in [0.2, 0.25) is 0 Å². The lowest BCUT2D eigenvalue weighted by Crippen LogP contribution is -2.06. The van der Waals surface area contributed by atoms with Gasteiger partial charge in [0.25, 0.3) is 0 Å². The number of nitro groups is 1. The Hall–Kier alpha value is -2.77. The summed E-state index contributed by atoms with van der Waals surface area (Å²) in [6.07, 6.45) is 0. The highest BCUT2D eigenvalue weighted by Gasteiger charge is 2.23. The molecule has 1 aromatic heterocycles. The molecule has 0 spiro atoms. The van der Waals surface area contributed by atoms with Gasteiger partial charge in [0, 0.05) is 23.5 Å². The van der Waals surface area contributed by atoms with E-state index in [2.05, 4.69) is 0 Å². The van der Waals surface area contributed by atoms with Gasteiger partial charge < -0.3 is 9.67 Å². The van der Waals surface area contributed by atoms with E-state index in [4.69, 9.17) is 5.11 Å². The Labute approximate surface area is 117 Å². The topological polar surface area (TPSA) is 85.4 Å². The third kappa shape index (κ3) is 2.35. The van der Waals surface area contributed by atoms with Gasteiger partial charge in [-0.05, 0) is 19.9 Å². The van der Waals surface area contributed by atoms with Crippen molar-refractivity contribution in [3.8, 4) is 5.69 Å². The number of aromatic carboxylic acids is 1. The molecule has 0 amide bonds. The molecule has 0 aliphatic carbocycles. The molecule has 0 bridgehead atoms. The van der Waals surface area contributed by atoms with E-state index < -0.39 is 28.2 Å². The summed E-state index contributed by atoms with van der Waals surface area (Å²) in [5, 5.41) is 19.8. The standard InChI is InChI=1S/C13H10F2N2O4/c1-6-3-8(13(18)19)7(2)16(6)11-5-12(17(20)21)10(15)4-9(11)14/h3-5H,1-2H3,(H,18,19). The minimum atomic E-state index is -1.29. The largest absolute Gasteiger partial charge is 0.478 e. The predicted octanol–water partition coefficient (Wildman–Crippen LogP) is 2.98. The number of nitro benzene ring substituents is 1. The van der Waals surface area contributed by atoms with Gasteiger partial charge in [-0.15, -0.1) is 0 Å². The van der Waals surface area contributed by atoms with Crippen molar-refractivity contribution in [2.45, 2.75) is 13.8 Å². The lowest BCUT2D eigenvalue weighted by molar-refractivity contribution is -0.387.